The smallest absolute Gasteiger partial charge is 0.225 e. The molecule has 0 radical (unpaired) electrons. The van der Waals surface area contributed by atoms with E-state index in [4.69, 9.17) is 0 Å². The lowest BCUT2D eigenvalue weighted by atomic mass is 9.83. The zero-order valence-electron chi connectivity index (χ0n) is 9.67. The minimum Gasteiger partial charge on any atom is -0.338 e. The van der Waals surface area contributed by atoms with E-state index >= 15 is 0 Å². The van der Waals surface area contributed by atoms with Gasteiger partial charge < -0.3 is 10.2 Å². The van der Waals surface area contributed by atoms with E-state index in [1.54, 1.807) is 0 Å². The molecule has 0 aromatic carbocycles. The average Bonchev–Trinajstić information content (AvgIpc) is 2.16. The molecule has 0 bridgehead atoms. The maximum atomic E-state index is 12.2. The predicted molar refractivity (Wildman–Crippen MR) is 60.6 cm³/mol. The molecule has 1 saturated carbocycles. The number of hydrogen-bond donors (Lipinski definition) is 1. The molecule has 15 heavy (non-hydrogen) atoms. The first-order chi connectivity index (χ1) is 7.33. The molecule has 86 valence electrons. The van der Waals surface area contributed by atoms with E-state index in [9.17, 15) is 4.79 Å². The van der Waals surface area contributed by atoms with Gasteiger partial charge in [0.1, 0.15) is 0 Å². The summed E-state index contributed by atoms with van der Waals surface area (Å²) in [5.41, 5.74) is 0. The Bertz CT molecular complexity index is 224. The molecule has 1 heterocycles. The van der Waals surface area contributed by atoms with Gasteiger partial charge in [0.15, 0.2) is 0 Å². The zero-order chi connectivity index (χ0) is 10.7. The number of rotatable bonds is 3. The van der Waals surface area contributed by atoms with Gasteiger partial charge in [-0.1, -0.05) is 6.42 Å². The maximum Gasteiger partial charge on any atom is 0.225 e. The molecule has 2 aliphatic rings. The van der Waals surface area contributed by atoms with Crippen molar-refractivity contribution in [3.8, 4) is 0 Å². The third kappa shape index (κ3) is 2.33. The van der Waals surface area contributed by atoms with Crippen molar-refractivity contribution in [1.29, 1.82) is 0 Å². The normalized spacial score (nSPS) is 27.5. The fourth-order valence-electron chi connectivity index (χ4n) is 2.63. The minimum absolute atomic E-state index is 0.363. The Morgan fingerprint density at radius 2 is 2.07 bits per heavy atom. The lowest BCUT2D eigenvalue weighted by molar-refractivity contribution is -0.141. The number of likely N-dealkylation sites (N-methyl/N-ethyl adjacent to an activating group) is 1. The first-order valence-electron chi connectivity index (χ1n) is 6.28. The van der Waals surface area contributed by atoms with Gasteiger partial charge in [-0.3, -0.25) is 4.79 Å². The summed E-state index contributed by atoms with van der Waals surface area (Å²) in [7, 11) is 1.97. The number of nitrogens with one attached hydrogen (secondary N) is 1. The van der Waals surface area contributed by atoms with Crippen LogP contribution in [-0.4, -0.2) is 37.0 Å². The van der Waals surface area contributed by atoms with Crippen LogP contribution in [0.3, 0.4) is 0 Å². The van der Waals surface area contributed by atoms with Crippen LogP contribution in [0.5, 0.6) is 0 Å². The summed E-state index contributed by atoms with van der Waals surface area (Å²) < 4.78 is 0. The molecule has 1 N–H and O–H groups in total. The fourth-order valence-corrected chi connectivity index (χ4v) is 2.63. The Hall–Kier alpha value is -0.570. The third-order valence-corrected chi connectivity index (χ3v) is 3.80. The second-order valence-corrected chi connectivity index (χ2v) is 4.87. The highest BCUT2D eigenvalue weighted by Crippen LogP contribution is 2.30. The number of amides is 1. The number of hydrogen-bond acceptors (Lipinski definition) is 2. The number of piperidine rings is 1. The summed E-state index contributed by atoms with van der Waals surface area (Å²) >= 11 is 0. The van der Waals surface area contributed by atoms with Gasteiger partial charge in [0.05, 0.1) is 0 Å². The monoisotopic (exact) mass is 210 g/mol. The lowest BCUT2D eigenvalue weighted by Crippen LogP contribution is -2.51. The van der Waals surface area contributed by atoms with Crippen LogP contribution in [0.2, 0.25) is 0 Å². The van der Waals surface area contributed by atoms with Crippen molar-refractivity contribution >= 4 is 5.91 Å². The molecule has 1 unspecified atom stereocenters. The molecule has 0 aromatic heterocycles. The molecular formula is C12H22N2O. The average molecular weight is 210 g/mol. The van der Waals surface area contributed by atoms with E-state index in [1.807, 2.05) is 7.05 Å². The zero-order valence-corrected chi connectivity index (χ0v) is 9.67. The van der Waals surface area contributed by atoms with Gasteiger partial charge in [-0.15, -0.1) is 0 Å². The van der Waals surface area contributed by atoms with Gasteiger partial charge in [-0.2, -0.15) is 0 Å². The van der Waals surface area contributed by atoms with Crippen molar-refractivity contribution < 1.29 is 4.79 Å². The van der Waals surface area contributed by atoms with E-state index in [0.29, 0.717) is 17.9 Å². The van der Waals surface area contributed by atoms with Crippen molar-refractivity contribution in [3.05, 3.63) is 0 Å². The van der Waals surface area contributed by atoms with Crippen LogP contribution in [0.4, 0.5) is 0 Å². The van der Waals surface area contributed by atoms with Crippen LogP contribution in [0.1, 0.15) is 38.5 Å². The Morgan fingerprint density at radius 3 is 2.67 bits per heavy atom. The van der Waals surface area contributed by atoms with Crippen molar-refractivity contribution in [3.63, 3.8) is 0 Å². The summed E-state index contributed by atoms with van der Waals surface area (Å²) in [6, 6.07) is 0.455. The van der Waals surface area contributed by atoms with E-state index in [0.717, 1.165) is 25.9 Å². The summed E-state index contributed by atoms with van der Waals surface area (Å²) in [4.78, 5) is 14.3. The Balaban J connectivity index is 1.93. The van der Waals surface area contributed by atoms with Gasteiger partial charge in [0.2, 0.25) is 5.91 Å². The molecule has 1 amide bonds. The SMILES string of the molecule is CNCC1CCCCN1C(=O)C1CCC1. The van der Waals surface area contributed by atoms with Crippen LogP contribution in [-0.2, 0) is 4.79 Å². The van der Waals surface area contributed by atoms with Crippen LogP contribution in [0, 0.1) is 5.92 Å². The lowest BCUT2D eigenvalue weighted by Gasteiger charge is -2.39. The molecule has 1 aliphatic heterocycles. The van der Waals surface area contributed by atoms with Crippen molar-refractivity contribution in [2.45, 2.75) is 44.6 Å². The molecule has 1 aliphatic carbocycles. The van der Waals surface area contributed by atoms with Crippen molar-refractivity contribution in [1.82, 2.24) is 10.2 Å². The molecule has 1 atom stereocenters. The standard InChI is InChI=1S/C12H22N2O/c1-13-9-11-7-2-3-8-14(11)12(15)10-5-4-6-10/h10-11,13H,2-9H2,1H3. The summed E-state index contributed by atoms with van der Waals surface area (Å²) in [6.45, 7) is 1.94. The highest BCUT2D eigenvalue weighted by atomic mass is 16.2. The topological polar surface area (TPSA) is 32.3 Å². The number of nitrogens with zero attached hydrogens (tertiary/aromatic N) is 1. The molecule has 2 rings (SSSR count). The summed E-state index contributed by atoms with van der Waals surface area (Å²) in [6.07, 6.45) is 7.16. The molecule has 3 nitrogen and oxygen atoms in total. The van der Waals surface area contributed by atoms with Crippen LogP contribution < -0.4 is 5.32 Å². The quantitative estimate of drug-likeness (QED) is 0.763. The third-order valence-electron chi connectivity index (χ3n) is 3.80. The molecular weight excluding hydrogens is 188 g/mol. The van der Waals surface area contributed by atoms with Gasteiger partial charge in [0.25, 0.3) is 0 Å². The number of likely N-dealkylation sites (tertiary alicyclic amines) is 1. The number of carbonyl (C=O) groups excluding carboxylic acids is 1. The first kappa shape index (κ1) is 10.9. The second-order valence-electron chi connectivity index (χ2n) is 4.87. The summed E-state index contributed by atoms with van der Waals surface area (Å²) in [5, 5.41) is 3.20. The van der Waals surface area contributed by atoms with Gasteiger partial charge in [-0.25, -0.2) is 0 Å². The highest BCUT2D eigenvalue weighted by Gasteiger charge is 2.33. The van der Waals surface area contributed by atoms with Crippen molar-refractivity contribution in [2.75, 3.05) is 20.1 Å². The van der Waals surface area contributed by atoms with Gasteiger partial charge >= 0.3 is 0 Å². The molecule has 1 saturated heterocycles. The first-order valence-corrected chi connectivity index (χ1v) is 6.28. The molecule has 0 aromatic rings. The largest absolute Gasteiger partial charge is 0.338 e. The Kier molecular flexibility index (Phi) is 3.62. The summed E-state index contributed by atoms with van der Waals surface area (Å²) in [5.74, 6) is 0.795. The predicted octanol–water partition coefficient (Wildman–Crippen LogP) is 1.39. The van der Waals surface area contributed by atoms with E-state index in [-0.39, 0.29) is 0 Å². The fraction of sp³-hybridized carbons (Fsp3) is 0.917. The maximum absolute atomic E-state index is 12.2. The van der Waals surface area contributed by atoms with Crippen LogP contribution >= 0.6 is 0 Å². The highest BCUT2D eigenvalue weighted by molar-refractivity contribution is 5.80. The molecule has 2 fully saturated rings. The molecule has 0 spiro atoms. The van der Waals surface area contributed by atoms with E-state index in [2.05, 4.69) is 10.2 Å². The van der Waals surface area contributed by atoms with E-state index < -0.39 is 0 Å². The van der Waals surface area contributed by atoms with Crippen molar-refractivity contribution in [2.24, 2.45) is 5.92 Å². The second kappa shape index (κ2) is 4.97. The van der Waals surface area contributed by atoms with Crippen LogP contribution in [0.15, 0.2) is 0 Å². The Labute approximate surface area is 92.2 Å². The van der Waals surface area contributed by atoms with Gasteiger partial charge in [0, 0.05) is 25.0 Å². The minimum atomic E-state index is 0.363. The Morgan fingerprint density at radius 1 is 1.27 bits per heavy atom. The number of carbonyl (C=O) groups is 1. The molecule has 3 heteroatoms. The van der Waals surface area contributed by atoms with E-state index in [1.165, 1.54) is 25.7 Å². The van der Waals surface area contributed by atoms with Gasteiger partial charge in [-0.05, 0) is 39.2 Å². The van der Waals surface area contributed by atoms with Crippen LogP contribution in [0.25, 0.3) is 0 Å².